The summed E-state index contributed by atoms with van der Waals surface area (Å²) in [5.74, 6) is 1.63. The molecule has 0 amide bonds. The molecule has 0 unspecified atom stereocenters. The summed E-state index contributed by atoms with van der Waals surface area (Å²) < 4.78 is 5.60. The van der Waals surface area contributed by atoms with Crippen molar-refractivity contribution in [3.63, 3.8) is 0 Å². The number of ether oxygens (including phenoxy) is 1. The van der Waals surface area contributed by atoms with Crippen molar-refractivity contribution in [2.75, 3.05) is 26.3 Å². The van der Waals surface area contributed by atoms with Crippen molar-refractivity contribution in [1.29, 1.82) is 0 Å². The molecule has 1 saturated carbocycles. The lowest BCUT2D eigenvalue weighted by molar-refractivity contribution is 0.129. The highest BCUT2D eigenvalue weighted by Crippen LogP contribution is 2.28. The molecule has 0 bridgehead atoms. The fourth-order valence-electron chi connectivity index (χ4n) is 1.92. The maximum absolute atomic E-state index is 5.97. The molecule has 0 aromatic heterocycles. The van der Waals surface area contributed by atoms with Crippen LogP contribution in [0.25, 0.3) is 0 Å². The maximum atomic E-state index is 5.97. The van der Waals surface area contributed by atoms with Crippen LogP contribution in [0.15, 0.2) is 29.3 Å². The number of benzene rings is 1. The number of rotatable bonds is 8. The molecule has 2 N–H and O–H groups in total. The van der Waals surface area contributed by atoms with Crippen LogP contribution in [-0.2, 0) is 11.3 Å². The van der Waals surface area contributed by atoms with Crippen molar-refractivity contribution in [3.8, 4) is 0 Å². The number of nitrogens with one attached hydrogen (secondary N) is 2. The number of halogens is 1. The highest BCUT2D eigenvalue weighted by molar-refractivity contribution is 6.30. The highest BCUT2D eigenvalue weighted by atomic mass is 35.5. The van der Waals surface area contributed by atoms with Crippen LogP contribution in [0.4, 0.5) is 0 Å². The summed E-state index contributed by atoms with van der Waals surface area (Å²) in [6, 6.07) is 7.78. The summed E-state index contributed by atoms with van der Waals surface area (Å²) in [5.41, 5.74) is 1.10. The van der Waals surface area contributed by atoms with Gasteiger partial charge < -0.3 is 15.4 Å². The van der Waals surface area contributed by atoms with Gasteiger partial charge in [0.15, 0.2) is 5.96 Å². The second kappa shape index (κ2) is 8.90. The van der Waals surface area contributed by atoms with Crippen LogP contribution in [0.1, 0.15) is 25.3 Å². The normalized spacial score (nSPS) is 15.0. The van der Waals surface area contributed by atoms with E-state index >= 15 is 0 Å². The topological polar surface area (TPSA) is 45.7 Å². The zero-order chi connectivity index (χ0) is 14.9. The van der Waals surface area contributed by atoms with Crippen molar-refractivity contribution < 1.29 is 4.74 Å². The third kappa shape index (κ3) is 6.82. The Kier molecular flexibility index (Phi) is 6.83. The highest BCUT2D eigenvalue weighted by Gasteiger charge is 2.20. The molecule has 1 aromatic rings. The summed E-state index contributed by atoms with van der Waals surface area (Å²) >= 11 is 5.97. The van der Waals surface area contributed by atoms with Crippen LogP contribution in [0.5, 0.6) is 0 Å². The lowest BCUT2D eigenvalue weighted by Gasteiger charge is -2.11. The molecule has 4 nitrogen and oxygen atoms in total. The first-order chi connectivity index (χ1) is 10.3. The Hall–Kier alpha value is -1.26. The molecule has 0 aliphatic heterocycles. The first-order valence-electron chi connectivity index (χ1n) is 7.62. The van der Waals surface area contributed by atoms with Crippen LogP contribution >= 0.6 is 11.6 Å². The van der Waals surface area contributed by atoms with Gasteiger partial charge in [-0.3, -0.25) is 0 Å². The third-order valence-corrected chi connectivity index (χ3v) is 3.48. The van der Waals surface area contributed by atoms with Gasteiger partial charge in [-0.2, -0.15) is 0 Å². The SMILES string of the molecule is CCNC(=NCc1cccc(Cl)c1)NCCOCC1CC1. The van der Waals surface area contributed by atoms with Gasteiger partial charge in [0.2, 0.25) is 0 Å². The summed E-state index contributed by atoms with van der Waals surface area (Å²) in [6.45, 7) is 5.90. The first kappa shape index (κ1) is 16.1. The van der Waals surface area contributed by atoms with Crippen LogP contribution in [-0.4, -0.2) is 32.3 Å². The number of aliphatic imine (C=N–C) groups is 1. The number of hydrogen-bond acceptors (Lipinski definition) is 2. The largest absolute Gasteiger partial charge is 0.379 e. The van der Waals surface area contributed by atoms with E-state index in [2.05, 4.69) is 22.5 Å². The van der Waals surface area contributed by atoms with Crippen LogP contribution < -0.4 is 10.6 Å². The molecule has 116 valence electrons. The van der Waals surface area contributed by atoms with Crippen molar-refractivity contribution in [1.82, 2.24) is 10.6 Å². The molecule has 0 heterocycles. The second-order valence-corrected chi connectivity index (χ2v) is 5.71. The zero-order valence-corrected chi connectivity index (χ0v) is 13.3. The fraction of sp³-hybridized carbons (Fsp3) is 0.562. The minimum absolute atomic E-state index is 0.610. The van der Waals surface area contributed by atoms with Crippen molar-refractivity contribution in [3.05, 3.63) is 34.9 Å². The predicted molar refractivity (Wildman–Crippen MR) is 87.8 cm³/mol. The Morgan fingerprint density at radius 1 is 1.38 bits per heavy atom. The van der Waals surface area contributed by atoms with Crippen molar-refractivity contribution in [2.24, 2.45) is 10.9 Å². The van der Waals surface area contributed by atoms with E-state index in [9.17, 15) is 0 Å². The van der Waals surface area contributed by atoms with Gasteiger partial charge in [0.1, 0.15) is 0 Å². The average Bonchev–Trinajstić information content (AvgIpc) is 3.28. The molecule has 0 spiro atoms. The number of hydrogen-bond donors (Lipinski definition) is 2. The molecule has 21 heavy (non-hydrogen) atoms. The molecule has 0 atom stereocenters. The van der Waals surface area contributed by atoms with E-state index < -0.39 is 0 Å². The predicted octanol–water partition coefficient (Wildman–Crippen LogP) is 2.82. The molecular weight excluding hydrogens is 286 g/mol. The van der Waals surface area contributed by atoms with E-state index in [0.717, 1.165) is 48.8 Å². The Morgan fingerprint density at radius 3 is 2.95 bits per heavy atom. The monoisotopic (exact) mass is 309 g/mol. The van der Waals surface area contributed by atoms with E-state index in [1.807, 2.05) is 24.3 Å². The minimum Gasteiger partial charge on any atom is -0.379 e. The molecule has 5 heteroatoms. The quantitative estimate of drug-likeness (QED) is 0.441. The van der Waals surface area contributed by atoms with Crippen LogP contribution in [0.2, 0.25) is 5.02 Å². The van der Waals surface area contributed by atoms with Gasteiger partial charge in [0, 0.05) is 24.7 Å². The number of nitrogens with zero attached hydrogens (tertiary/aromatic N) is 1. The molecular formula is C16H24ClN3O. The Balaban J connectivity index is 1.72. The average molecular weight is 310 g/mol. The first-order valence-corrected chi connectivity index (χ1v) is 8.00. The summed E-state index contributed by atoms with van der Waals surface area (Å²) in [4.78, 5) is 4.55. The molecule has 0 saturated heterocycles. The van der Waals surface area contributed by atoms with E-state index in [0.29, 0.717) is 6.54 Å². The summed E-state index contributed by atoms with van der Waals surface area (Å²) in [5, 5.41) is 7.25. The molecule has 2 rings (SSSR count). The van der Waals surface area contributed by atoms with Gasteiger partial charge in [0.25, 0.3) is 0 Å². The Labute approximate surface area is 131 Å². The van der Waals surface area contributed by atoms with E-state index in [1.54, 1.807) is 0 Å². The second-order valence-electron chi connectivity index (χ2n) is 5.27. The zero-order valence-electron chi connectivity index (χ0n) is 12.6. The van der Waals surface area contributed by atoms with Crippen LogP contribution in [0.3, 0.4) is 0 Å². The molecule has 1 fully saturated rings. The van der Waals surface area contributed by atoms with Gasteiger partial charge in [-0.1, -0.05) is 23.7 Å². The fourth-order valence-corrected chi connectivity index (χ4v) is 2.14. The van der Waals surface area contributed by atoms with E-state index in [1.165, 1.54) is 12.8 Å². The van der Waals surface area contributed by atoms with Crippen LogP contribution in [0, 0.1) is 5.92 Å². The third-order valence-electron chi connectivity index (χ3n) is 3.24. The van der Waals surface area contributed by atoms with Crippen molar-refractivity contribution in [2.45, 2.75) is 26.3 Å². The summed E-state index contributed by atoms with van der Waals surface area (Å²) in [7, 11) is 0. The lowest BCUT2D eigenvalue weighted by Crippen LogP contribution is -2.39. The molecule has 1 aromatic carbocycles. The maximum Gasteiger partial charge on any atom is 0.191 e. The molecule has 0 radical (unpaired) electrons. The van der Waals surface area contributed by atoms with E-state index in [4.69, 9.17) is 16.3 Å². The van der Waals surface area contributed by atoms with Gasteiger partial charge in [0.05, 0.1) is 13.2 Å². The molecule has 1 aliphatic carbocycles. The summed E-state index contributed by atoms with van der Waals surface area (Å²) in [6.07, 6.45) is 2.66. The van der Waals surface area contributed by atoms with Gasteiger partial charge in [-0.05, 0) is 43.4 Å². The Morgan fingerprint density at radius 2 is 2.24 bits per heavy atom. The van der Waals surface area contributed by atoms with Gasteiger partial charge >= 0.3 is 0 Å². The smallest absolute Gasteiger partial charge is 0.191 e. The van der Waals surface area contributed by atoms with E-state index in [-0.39, 0.29) is 0 Å². The molecule has 1 aliphatic rings. The van der Waals surface area contributed by atoms with Gasteiger partial charge in [-0.25, -0.2) is 4.99 Å². The Bertz CT molecular complexity index is 461. The standard InChI is InChI=1S/C16H24ClN3O/c1-2-18-16(19-8-9-21-12-13-6-7-13)20-11-14-4-3-5-15(17)10-14/h3-5,10,13H,2,6-9,11-12H2,1H3,(H2,18,19,20). The van der Waals surface area contributed by atoms with Crippen molar-refractivity contribution >= 4 is 17.6 Å². The number of guanidine groups is 1. The lowest BCUT2D eigenvalue weighted by atomic mass is 10.2. The van der Waals surface area contributed by atoms with Gasteiger partial charge in [-0.15, -0.1) is 0 Å². The minimum atomic E-state index is 0.610.